The van der Waals surface area contributed by atoms with E-state index in [0.29, 0.717) is 25.3 Å². The maximum atomic E-state index is 12.8. The van der Waals surface area contributed by atoms with Crippen molar-refractivity contribution in [2.45, 2.75) is 17.9 Å². The van der Waals surface area contributed by atoms with Gasteiger partial charge in [0.2, 0.25) is 11.8 Å². The van der Waals surface area contributed by atoms with Crippen LogP contribution >= 0.6 is 11.8 Å². The average Bonchev–Trinajstić information content (AvgIpc) is 2.79. The maximum absolute atomic E-state index is 12.8. The van der Waals surface area contributed by atoms with Crippen LogP contribution in [0.3, 0.4) is 0 Å². The van der Waals surface area contributed by atoms with Crippen LogP contribution in [0.1, 0.15) is 12.0 Å². The number of amides is 2. The van der Waals surface area contributed by atoms with Gasteiger partial charge in [-0.2, -0.15) is 0 Å². The minimum atomic E-state index is 0.0373. The fourth-order valence-electron chi connectivity index (χ4n) is 3.90. The number of hydrogen-bond acceptors (Lipinski definition) is 5. The van der Waals surface area contributed by atoms with E-state index in [4.69, 9.17) is 4.74 Å². The molecule has 0 N–H and O–H groups in total. The SMILES string of the molecule is CN(Cc1ccccc1N1CCOCC1)C(=O)CCN1C(=O)CSc2ccccc21. The summed E-state index contributed by atoms with van der Waals surface area (Å²) in [4.78, 5) is 32.2. The van der Waals surface area contributed by atoms with Crippen LogP contribution in [0.4, 0.5) is 11.4 Å². The van der Waals surface area contributed by atoms with Crippen molar-refractivity contribution in [3.8, 4) is 0 Å². The van der Waals surface area contributed by atoms with E-state index in [1.165, 1.54) is 0 Å². The van der Waals surface area contributed by atoms with Gasteiger partial charge in [-0.1, -0.05) is 30.3 Å². The van der Waals surface area contributed by atoms with Crippen LogP contribution < -0.4 is 9.80 Å². The molecule has 0 saturated carbocycles. The topological polar surface area (TPSA) is 53.1 Å². The van der Waals surface area contributed by atoms with Crippen molar-refractivity contribution >= 4 is 35.0 Å². The second-order valence-electron chi connectivity index (χ2n) is 7.53. The van der Waals surface area contributed by atoms with Crippen molar-refractivity contribution in [1.29, 1.82) is 0 Å². The Bertz CT molecular complexity index is 914. The smallest absolute Gasteiger partial charge is 0.237 e. The first-order chi connectivity index (χ1) is 14.6. The number of para-hydroxylation sites is 2. The molecule has 0 unspecified atom stereocenters. The summed E-state index contributed by atoms with van der Waals surface area (Å²) in [6.07, 6.45) is 0.307. The number of fused-ring (bicyclic) bond motifs is 1. The van der Waals surface area contributed by atoms with Crippen molar-refractivity contribution in [3.05, 3.63) is 54.1 Å². The summed E-state index contributed by atoms with van der Waals surface area (Å²) < 4.78 is 5.46. The highest BCUT2D eigenvalue weighted by Crippen LogP contribution is 2.35. The normalized spacial score (nSPS) is 16.4. The number of ether oxygens (including phenoxy) is 1. The van der Waals surface area contributed by atoms with Crippen molar-refractivity contribution < 1.29 is 14.3 Å². The predicted octanol–water partition coefficient (Wildman–Crippen LogP) is 3.01. The monoisotopic (exact) mass is 425 g/mol. The van der Waals surface area contributed by atoms with Crippen LogP contribution in [0.15, 0.2) is 53.4 Å². The van der Waals surface area contributed by atoms with E-state index in [2.05, 4.69) is 17.0 Å². The molecule has 0 atom stereocenters. The standard InChI is InChI=1S/C23H27N3O3S/c1-24(16-18-6-2-3-7-19(18)25-12-14-29-15-13-25)22(27)10-11-26-20-8-4-5-9-21(20)30-17-23(26)28/h2-9H,10-17H2,1H3. The second-order valence-corrected chi connectivity index (χ2v) is 8.55. The molecular formula is C23H27N3O3S. The number of rotatable bonds is 6. The van der Waals surface area contributed by atoms with Gasteiger partial charge in [-0.05, 0) is 23.8 Å². The largest absolute Gasteiger partial charge is 0.378 e. The molecule has 4 rings (SSSR count). The molecule has 2 aliphatic heterocycles. The summed E-state index contributed by atoms with van der Waals surface area (Å²) in [5, 5.41) is 0. The van der Waals surface area contributed by atoms with E-state index in [9.17, 15) is 9.59 Å². The van der Waals surface area contributed by atoms with Crippen molar-refractivity contribution in [2.24, 2.45) is 0 Å². The first kappa shape index (κ1) is 20.8. The van der Waals surface area contributed by atoms with Gasteiger partial charge < -0.3 is 19.4 Å². The van der Waals surface area contributed by atoms with Crippen LogP contribution in [0, 0.1) is 0 Å². The number of thioether (sulfide) groups is 1. The molecule has 6 nitrogen and oxygen atoms in total. The Morgan fingerprint density at radius 1 is 1.07 bits per heavy atom. The lowest BCUT2D eigenvalue weighted by atomic mass is 10.1. The molecule has 158 valence electrons. The Balaban J connectivity index is 1.39. The molecule has 1 fully saturated rings. The molecular weight excluding hydrogens is 398 g/mol. The zero-order valence-electron chi connectivity index (χ0n) is 17.3. The summed E-state index contributed by atoms with van der Waals surface area (Å²) in [7, 11) is 1.83. The predicted molar refractivity (Wildman–Crippen MR) is 120 cm³/mol. The number of nitrogens with zero attached hydrogens (tertiary/aromatic N) is 3. The van der Waals surface area contributed by atoms with Gasteiger partial charge in [-0.15, -0.1) is 11.8 Å². The Morgan fingerprint density at radius 2 is 1.77 bits per heavy atom. The minimum Gasteiger partial charge on any atom is -0.378 e. The summed E-state index contributed by atoms with van der Waals surface area (Å²) in [5.41, 5.74) is 3.20. The Hall–Kier alpha value is -2.51. The molecule has 2 aliphatic rings. The molecule has 30 heavy (non-hydrogen) atoms. The molecule has 2 amide bonds. The molecule has 2 aromatic rings. The highest BCUT2D eigenvalue weighted by Gasteiger charge is 2.25. The van der Waals surface area contributed by atoms with Crippen LogP contribution in [-0.2, 0) is 20.9 Å². The highest BCUT2D eigenvalue weighted by atomic mass is 32.2. The number of hydrogen-bond donors (Lipinski definition) is 0. The van der Waals surface area contributed by atoms with Crippen molar-refractivity contribution in [3.63, 3.8) is 0 Å². The zero-order chi connectivity index (χ0) is 20.9. The van der Waals surface area contributed by atoms with Gasteiger partial charge in [0.25, 0.3) is 0 Å². The number of benzene rings is 2. The third kappa shape index (κ3) is 4.63. The highest BCUT2D eigenvalue weighted by molar-refractivity contribution is 8.00. The van der Waals surface area contributed by atoms with Crippen molar-refractivity contribution in [2.75, 3.05) is 55.4 Å². The minimum absolute atomic E-state index is 0.0373. The Labute approximate surface area is 181 Å². The fourth-order valence-corrected chi connectivity index (χ4v) is 4.83. The average molecular weight is 426 g/mol. The van der Waals surface area contributed by atoms with E-state index < -0.39 is 0 Å². The fraction of sp³-hybridized carbons (Fsp3) is 0.391. The number of carbonyl (C=O) groups excluding carboxylic acids is 2. The lowest BCUT2D eigenvalue weighted by Gasteiger charge is -2.32. The van der Waals surface area contributed by atoms with E-state index in [1.807, 2.05) is 43.4 Å². The van der Waals surface area contributed by atoms with E-state index in [-0.39, 0.29) is 11.8 Å². The molecule has 7 heteroatoms. The van der Waals surface area contributed by atoms with Gasteiger partial charge in [-0.3, -0.25) is 9.59 Å². The quantitative estimate of drug-likeness (QED) is 0.712. The molecule has 2 aromatic carbocycles. The molecule has 0 spiro atoms. The molecule has 0 aliphatic carbocycles. The number of anilines is 2. The molecule has 2 heterocycles. The van der Waals surface area contributed by atoms with E-state index in [1.54, 1.807) is 21.6 Å². The maximum Gasteiger partial charge on any atom is 0.237 e. The second kappa shape index (κ2) is 9.53. The van der Waals surface area contributed by atoms with Crippen molar-refractivity contribution in [1.82, 2.24) is 4.90 Å². The van der Waals surface area contributed by atoms with E-state index >= 15 is 0 Å². The Morgan fingerprint density at radius 3 is 2.57 bits per heavy atom. The van der Waals surface area contributed by atoms with Gasteiger partial charge in [0.1, 0.15) is 0 Å². The van der Waals surface area contributed by atoms with Gasteiger partial charge in [0.15, 0.2) is 0 Å². The van der Waals surface area contributed by atoms with Gasteiger partial charge in [0.05, 0.1) is 24.7 Å². The summed E-state index contributed by atoms with van der Waals surface area (Å²) in [5.74, 6) is 0.524. The Kier molecular flexibility index (Phi) is 6.59. The van der Waals surface area contributed by atoms with Gasteiger partial charge >= 0.3 is 0 Å². The summed E-state index contributed by atoms with van der Waals surface area (Å²) in [6.45, 7) is 4.14. The lowest BCUT2D eigenvalue weighted by molar-refractivity contribution is -0.130. The van der Waals surface area contributed by atoms with Crippen LogP contribution in [-0.4, -0.2) is 62.4 Å². The van der Waals surface area contributed by atoms with Gasteiger partial charge in [-0.25, -0.2) is 0 Å². The summed E-state index contributed by atoms with van der Waals surface area (Å²) in [6, 6.07) is 16.1. The molecule has 0 radical (unpaired) electrons. The number of morpholine rings is 1. The summed E-state index contributed by atoms with van der Waals surface area (Å²) >= 11 is 1.56. The third-order valence-corrected chi connectivity index (χ3v) is 6.58. The van der Waals surface area contributed by atoms with E-state index in [0.717, 1.165) is 48.1 Å². The van der Waals surface area contributed by atoms with Crippen LogP contribution in [0.5, 0.6) is 0 Å². The third-order valence-electron chi connectivity index (χ3n) is 5.53. The molecule has 0 aromatic heterocycles. The molecule has 1 saturated heterocycles. The first-order valence-corrected chi connectivity index (χ1v) is 11.3. The lowest BCUT2D eigenvalue weighted by Crippen LogP contribution is -2.39. The zero-order valence-corrected chi connectivity index (χ0v) is 18.1. The van der Waals surface area contributed by atoms with Crippen LogP contribution in [0.2, 0.25) is 0 Å². The van der Waals surface area contributed by atoms with Gasteiger partial charge in [0, 0.05) is 50.2 Å². The molecule has 0 bridgehead atoms. The van der Waals surface area contributed by atoms with Crippen LogP contribution in [0.25, 0.3) is 0 Å². The first-order valence-electron chi connectivity index (χ1n) is 10.3. The number of carbonyl (C=O) groups is 2.